The maximum Gasteiger partial charge on any atom is 0.245 e. The number of pyridine rings is 1. The molecule has 164 valence electrons. The van der Waals surface area contributed by atoms with Crippen molar-refractivity contribution in [3.8, 4) is 28.3 Å². The van der Waals surface area contributed by atoms with Crippen molar-refractivity contribution >= 4 is 22.1 Å². The highest BCUT2D eigenvalue weighted by Gasteiger charge is 2.16. The number of ether oxygens (including phenoxy) is 1. The molecular formula is C28H21N5O. The molecule has 0 radical (unpaired) electrons. The van der Waals surface area contributed by atoms with Gasteiger partial charge in [0.25, 0.3) is 0 Å². The molecule has 0 saturated heterocycles. The third kappa shape index (κ3) is 3.55. The van der Waals surface area contributed by atoms with E-state index in [1.165, 1.54) is 6.33 Å². The van der Waals surface area contributed by atoms with Crippen molar-refractivity contribution in [2.75, 3.05) is 0 Å². The number of H-pyrrole nitrogens is 1. The van der Waals surface area contributed by atoms with Crippen LogP contribution in [-0.2, 0) is 6.61 Å². The van der Waals surface area contributed by atoms with E-state index in [1.54, 1.807) is 6.33 Å². The molecule has 1 N–H and O–H groups in total. The number of nitrogens with one attached hydrogen (secondary N) is 1. The second-order valence-electron chi connectivity index (χ2n) is 8.12. The van der Waals surface area contributed by atoms with E-state index in [0.29, 0.717) is 23.7 Å². The minimum atomic E-state index is 0.300. The van der Waals surface area contributed by atoms with Gasteiger partial charge in [-0.25, -0.2) is 15.0 Å². The van der Waals surface area contributed by atoms with Gasteiger partial charge in [-0.05, 0) is 29.7 Å². The van der Waals surface area contributed by atoms with Gasteiger partial charge in [-0.3, -0.25) is 0 Å². The van der Waals surface area contributed by atoms with Crippen molar-refractivity contribution in [3.05, 3.63) is 103 Å². The lowest BCUT2D eigenvalue weighted by Crippen LogP contribution is -2.03. The van der Waals surface area contributed by atoms with Crippen LogP contribution in [0, 0.1) is 6.92 Å². The molecule has 3 heterocycles. The van der Waals surface area contributed by atoms with E-state index in [4.69, 9.17) is 9.72 Å². The molecule has 0 bridgehead atoms. The van der Waals surface area contributed by atoms with Gasteiger partial charge in [0.1, 0.15) is 12.9 Å². The number of aromatic amines is 1. The Hall–Kier alpha value is -4.58. The van der Waals surface area contributed by atoms with Gasteiger partial charge in [0.05, 0.1) is 17.5 Å². The number of aromatic nitrogens is 5. The third-order valence-corrected chi connectivity index (χ3v) is 5.94. The summed E-state index contributed by atoms with van der Waals surface area (Å²) in [4.78, 5) is 21.0. The number of benzene rings is 3. The summed E-state index contributed by atoms with van der Waals surface area (Å²) in [6, 6.07) is 27.1. The van der Waals surface area contributed by atoms with E-state index < -0.39 is 0 Å². The van der Waals surface area contributed by atoms with Crippen LogP contribution < -0.4 is 4.74 Å². The number of para-hydroxylation sites is 1. The van der Waals surface area contributed by atoms with Gasteiger partial charge >= 0.3 is 0 Å². The summed E-state index contributed by atoms with van der Waals surface area (Å²) in [5.41, 5.74) is 8.58. The van der Waals surface area contributed by atoms with Gasteiger partial charge in [-0.1, -0.05) is 72.8 Å². The average Bonchev–Trinajstić information content (AvgIpc) is 3.37. The van der Waals surface area contributed by atoms with Crippen LogP contribution >= 0.6 is 0 Å². The first-order valence-corrected chi connectivity index (χ1v) is 11.1. The van der Waals surface area contributed by atoms with Crippen LogP contribution in [0.4, 0.5) is 0 Å². The van der Waals surface area contributed by atoms with Gasteiger partial charge in [0.15, 0.2) is 11.2 Å². The lowest BCUT2D eigenvalue weighted by Gasteiger charge is -2.16. The van der Waals surface area contributed by atoms with Crippen molar-refractivity contribution in [2.24, 2.45) is 0 Å². The highest BCUT2D eigenvalue weighted by molar-refractivity contribution is 5.89. The molecule has 6 rings (SSSR count). The Morgan fingerprint density at radius 1 is 0.794 bits per heavy atom. The molecule has 6 nitrogen and oxygen atoms in total. The molecule has 0 aliphatic heterocycles. The van der Waals surface area contributed by atoms with Crippen molar-refractivity contribution in [2.45, 2.75) is 13.5 Å². The predicted molar refractivity (Wildman–Crippen MR) is 133 cm³/mol. The Morgan fingerprint density at radius 2 is 1.62 bits per heavy atom. The molecule has 0 atom stereocenters. The fraction of sp³-hybridized carbons (Fsp3) is 0.0714. The number of rotatable bonds is 5. The molecule has 3 aromatic heterocycles. The van der Waals surface area contributed by atoms with Gasteiger partial charge < -0.3 is 9.72 Å². The second kappa shape index (κ2) is 8.41. The molecule has 0 saturated carbocycles. The first-order chi connectivity index (χ1) is 16.8. The summed E-state index contributed by atoms with van der Waals surface area (Å²) in [5, 5.41) is 1.08. The van der Waals surface area contributed by atoms with E-state index in [2.05, 4.69) is 93.6 Å². The summed E-state index contributed by atoms with van der Waals surface area (Å²) in [6.45, 7) is 2.39. The topological polar surface area (TPSA) is 76.6 Å². The van der Waals surface area contributed by atoms with Crippen LogP contribution in [0.2, 0.25) is 0 Å². The summed E-state index contributed by atoms with van der Waals surface area (Å²) in [7, 11) is 0. The zero-order valence-electron chi connectivity index (χ0n) is 18.6. The monoisotopic (exact) mass is 443 g/mol. The predicted octanol–water partition coefficient (Wildman–Crippen LogP) is 6.12. The molecule has 0 amide bonds. The highest BCUT2D eigenvalue weighted by atomic mass is 16.5. The number of fused-ring (bicyclic) bond motifs is 2. The van der Waals surface area contributed by atoms with Crippen LogP contribution in [-0.4, -0.2) is 24.9 Å². The Kier molecular flexibility index (Phi) is 4.96. The van der Waals surface area contributed by atoms with Crippen LogP contribution in [0.15, 0.2) is 91.5 Å². The van der Waals surface area contributed by atoms with E-state index in [1.807, 2.05) is 12.1 Å². The number of aryl methyl sites for hydroxylation is 1. The Labute approximate surface area is 196 Å². The van der Waals surface area contributed by atoms with E-state index in [-0.39, 0.29) is 0 Å². The standard InChI is InChI=1S/C28H21N5O/c1-18-8-7-11-20-14-21(15-34-28-26-27(30-16-29-26)31-17-32-28)25(33-24(18)20)23-13-6-5-12-22(23)19-9-3-2-4-10-19/h2-14,16-17H,15H2,1H3,(H,29,30,31,32). The lowest BCUT2D eigenvalue weighted by molar-refractivity contribution is 0.297. The first-order valence-electron chi connectivity index (χ1n) is 11.1. The summed E-state index contributed by atoms with van der Waals surface area (Å²) < 4.78 is 6.18. The minimum absolute atomic E-state index is 0.300. The molecule has 6 aromatic rings. The summed E-state index contributed by atoms with van der Waals surface area (Å²) in [6.07, 6.45) is 3.07. The van der Waals surface area contributed by atoms with E-state index in [0.717, 1.165) is 44.4 Å². The number of hydrogen-bond acceptors (Lipinski definition) is 5. The van der Waals surface area contributed by atoms with Crippen LogP contribution in [0.1, 0.15) is 11.1 Å². The fourth-order valence-corrected chi connectivity index (χ4v) is 4.29. The fourth-order valence-electron chi connectivity index (χ4n) is 4.29. The van der Waals surface area contributed by atoms with Gasteiger partial charge in [-0.15, -0.1) is 0 Å². The third-order valence-electron chi connectivity index (χ3n) is 5.94. The van der Waals surface area contributed by atoms with Gasteiger partial charge in [0.2, 0.25) is 5.88 Å². The molecule has 0 aliphatic rings. The minimum Gasteiger partial charge on any atom is -0.471 e. The first kappa shape index (κ1) is 20.1. The zero-order chi connectivity index (χ0) is 22.9. The van der Waals surface area contributed by atoms with Crippen molar-refractivity contribution in [3.63, 3.8) is 0 Å². The molecule has 34 heavy (non-hydrogen) atoms. The summed E-state index contributed by atoms with van der Waals surface area (Å²) >= 11 is 0. The number of imidazole rings is 1. The Bertz CT molecular complexity index is 1630. The number of nitrogens with zero attached hydrogens (tertiary/aromatic N) is 4. The van der Waals surface area contributed by atoms with Gasteiger partial charge in [-0.2, -0.15) is 4.98 Å². The van der Waals surface area contributed by atoms with Crippen molar-refractivity contribution in [1.29, 1.82) is 0 Å². The molecule has 0 fully saturated rings. The SMILES string of the molecule is Cc1cccc2cc(COc3ncnc4[nH]cnc34)c(-c3ccccc3-c3ccccc3)nc12. The molecule has 3 aromatic carbocycles. The highest BCUT2D eigenvalue weighted by Crippen LogP contribution is 2.35. The van der Waals surface area contributed by atoms with Crippen molar-refractivity contribution in [1.82, 2.24) is 24.9 Å². The molecule has 6 heteroatoms. The number of hydrogen-bond donors (Lipinski definition) is 1. The second-order valence-corrected chi connectivity index (χ2v) is 8.12. The largest absolute Gasteiger partial charge is 0.471 e. The smallest absolute Gasteiger partial charge is 0.245 e. The molecule has 0 aliphatic carbocycles. The van der Waals surface area contributed by atoms with Crippen LogP contribution in [0.5, 0.6) is 5.88 Å². The molecule has 0 spiro atoms. The lowest BCUT2D eigenvalue weighted by atomic mass is 9.94. The van der Waals surface area contributed by atoms with Crippen LogP contribution in [0.25, 0.3) is 44.5 Å². The van der Waals surface area contributed by atoms with Gasteiger partial charge in [0, 0.05) is 16.5 Å². The van der Waals surface area contributed by atoms with Crippen LogP contribution in [0.3, 0.4) is 0 Å². The van der Waals surface area contributed by atoms with E-state index in [9.17, 15) is 0 Å². The average molecular weight is 444 g/mol. The van der Waals surface area contributed by atoms with Crippen molar-refractivity contribution < 1.29 is 4.74 Å². The van der Waals surface area contributed by atoms with E-state index >= 15 is 0 Å². The Morgan fingerprint density at radius 3 is 2.50 bits per heavy atom. The quantitative estimate of drug-likeness (QED) is 0.347. The molecular weight excluding hydrogens is 422 g/mol. The Balaban J connectivity index is 1.51. The summed E-state index contributed by atoms with van der Waals surface area (Å²) in [5.74, 6) is 0.442. The maximum absolute atomic E-state index is 6.18. The maximum atomic E-state index is 6.18. The normalized spacial score (nSPS) is 11.2. The molecule has 0 unspecified atom stereocenters. The zero-order valence-corrected chi connectivity index (χ0v) is 18.6.